The van der Waals surface area contributed by atoms with Crippen molar-refractivity contribution in [1.82, 2.24) is 0 Å². The Labute approximate surface area is 84.1 Å². The molecule has 0 aromatic carbocycles. The fraction of sp³-hybridized carbons (Fsp3) is 1.00. The third-order valence-electron chi connectivity index (χ3n) is 3.33. The van der Waals surface area contributed by atoms with Crippen LogP contribution in [0.4, 0.5) is 0 Å². The van der Waals surface area contributed by atoms with Crippen molar-refractivity contribution in [1.29, 1.82) is 0 Å². The molecule has 0 aromatic rings. The number of rotatable bonds is 4. The maximum Gasteiger partial charge on any atom is -0.0412 e. The van der Waals surface area contributed by atoms with E-state index in [0.29, 0.717) is 0 Å². The van der Waals surface area contributed by atoms with Crippen LogP contribution in [0, 0.1) is 17.8 Å². The molecule has 1 saturated carbocycles. The summed E-state index contributed by atoms with van der Waals surface area (Å²) in [5.41, 5.74) is 0. The molecule has 0 nitrogen and oxygen atoms in total. The normalized spacial score (nSPS) is 22.2. The quantitative estimate of drug-likeness (QED) is 0.594. The first-order chi connectivity index (χ1) is 6.18. The average molecular weight is 182 g/mol. The van der Waals surface area contributed by atoms with Gasteiger partial charge in [-0.05, 0) is 30.6 Å². The van der Waals surface area contributed by atoms with E-state index in [-0.39, 0.29) is 0 Å². The van der Waals surface area contributed by atoms with Crippen LogP contribution in [0.3, 0.4) is 0 Å². The summed E-state index contributed by atoms with van der Waals surface area (Å²) >= 11 is 0. The van der Waals surface area contributed by atoms with Gasteiger partial charge in [-0.1, -0.05) is 52.9 Å². The minimum Gasteiger partial charge on any atom is -0.0628 e. The van der Waals surface area contributed by atoms with Crippen molar-refractivity contribution in [2.24, 2.45) is 17.8 Å². The lowest BCUT2D eigenvalue weighted by Gasteiger charge is -2.25. The minimum absolute atomic E-state index is 0.888. The van der Waals surface area contributed by atoms with Crippen LogP contribution in [-0.2, 0) is 0 Å². The monoisotopic (exact) mass is 182 g/mol. The Morgan fingerprint density at radius 1 is 1.00 bits per heavy atom. The maximum absolute atomic E-state index is 2.44. The van der Waals surface area contributed by atoms with E-state index in [1.807, 2.05) is 0 Å². The van der Waals surface area contributed by atoms with Crippen LogP contribution in [0.25, 0.3) is 0 Å². The highest BCUT2D eigenvalue weighted by molar-refractivity contribution is 4.69. The third kappa shape index (κ3) is 4.69. The van der Waals surface area contributed by atoms with Crippen LogP contribution in [0.5, 0.6) is 0 Å². The van der Waals surface area contributed by atoms with Gasteiger partial charge in [0.2, 0.25) is 0 Å². The first kappa shape index (κ1) is 11.1. The molecule has 1 aliphatic carbocycles. The average Bonchev–Trinajstić information content (AvgIpc) is 2.04. The van der Waals surface area contributed by atoms with Crippen molar-refractivity contribution >= 4 is 0 Å². The largest absolute Gasteiger partial charge is 0.0628 e. The number of hydrogen-bond donors (Lipinski definition) is 0. The Hall–Kier alpha value is 0. The van der Waals surface area contributed by atoms with E-state index in [4.69, 9.17) is 0 Å². The highest BCUT2D eigenvalue weighted by Gasteiger charge is 2.16. The topological polar surface area (TPSA) is 0 Å². The molecule has 0 heteroatoms. The molecule has 0 aromatic heterocycles. The molecule has 0 spiro atoms. The lowest BCUT2D eigenvalue weighted by atomic mass is 9.81. The van der Waals surface area contributed by atoms with E-state index in [1.165, 1.54) is 44.9 Å². The molecule has 0 saturated heterocycles. The third-order valence-corrected chi connectivity index (χ3v) is 3.33. The molecule has 0 amide bonds. The van der Waals surface area contributed by atoms with Gasteiger partial charge in [-0.15, -0.1) is 0 Å². The van der Waals surface area contributed by atoms with Gasteiger partial charge in [-0.2, -0.15) is 0 Å². The molecule has 0 radical (unpaired) electrons. The molecule has 0 heterocycles. The van der Waals surface area contributed by atoms with Crippen molar-refractivity contribution in [3.8, 4) is 0 Å². The Morgan fingerprint density at radius 2 is 1.62 bits per heavy atom. The second kappa shape index (κ2) is 5.67. The Bertz CT molecular complexity index is 120. The fourth-order valence-electron chi connectivity index (χ4n) is 2.89. The second-order valence-electron chi connectivity index (χ2n) is 5.47. The van der Waals surface area contributed by atoms with Crippen LogP contribution < -0.4 is 0 Å². The van der Waals surface area contributed by atoms with E-state index in [9.17, 15) is 0 Å². The van der Waals surface area contributed by atoms with E-state index in [0.717, 1.165) is 17.8 Å². The van der Waals surface area contributed by atoms with Crippen molar-refractivity contribution in [2.45, 2.75) is 65.7 Å². The summed E-state index contributed by atoms with van der Waals surface area (Å²) in [6.07, 6.45) is 10.5. The Balaban J connectivity index is 2.14. The maximum atomic E-state index is 2.44. The van der Waals surface area contributed by atoms with Gasteiger partial charge in [-0.3, -0.25) is 0 Å². The van der Waals surface area contributed by atoms with Crippen molar-refractivity contribution < 1.29 is 0 Å². The standard InChI is InChI=1S/C13H26/c1-11(2)9-12(3)10-13-7-5-4-6-8-13/h11-13H,4-10H2,1-3H3. The lowest BCUT2D eigenvalue weighted by molar-refractivity contribution is 0.276. The van der Waals surface area contributed by atoms with Crippen LogP contribution in [0.2, 0.25) is 0 Å². The van der Waals surface area contributed by atoms with Gasteiger partial charge in [0.15, 0.2) is 0 Å². The van der Waals surface area contributed by atoms with E-state index in [2.05, 4.69) is 20.8 Å². The van der Waals surface area contributed by atoms with Gasteiger partial charge in [0, 0.05) is 0 Å². The molecule has 1 unspecified atom stereocenters. The van der Waals surface area contributed by atoms with Crippen LogP contribution >= 0.6 is 0 Å². The van der Waals surface area contributed by atoms with Crippen LogP contribution in [0.15, 0.2) is 0 Å². The molecular weight excluding hydrogens is 156 g/mol. The molecule has 0 N–H and O–H groups in total. The molecule has 1 atom stereocenters. The zero-order chi connectivity index (χ0) is 9.68. The lowest BCUT2D eigenvalue weighted by Crippen LogP contribution is -2.11. The van der Waals surface area contributed by atoms with E-state index >= 15 is 0 Å². The predicted molar refractivity (Wildman–Crippen MR) is 59.8 cm³/mol. The molecular formula is C13H26. The van der Waals surface area contributed by atoms with E-state index < -0.39 is 0 Å². The molecule has 1 fully saturated rings. The minimum atomic E-state index is 0.888. The highest BCUT2D eigenvalue weighted by atomic mass is 14.2. The zero-order valence-electron chi connectivity index (χ0n) is 9.68. The zero-order valence-corrected chi connectivity index (χ0v) is 9.68. The van der Waals surface area contributed by atoms with Crippen molar-refractivity contribution in [3.05, 3.63) is 0 Å². The summed E-state index contributed by atoms with van der Waals surface area (Å²) in [4.78, 5) is 0. The van der Waals surface area contributed by atoms with Gasteiger partial charge in [0.1, 0.15) is 0 Å². The van der Waals surface area contributed by atoms with Gasteiger partial charge in [0.25, 0.3) is 0 Å². The van der Waals surface area contributed by atoms with Crippen LogP contribution in [-0.4, -0.2) is 0 Å². The molecule has 78 valence electrons. The summed E-state index contributed by atoms with van der Waals surface area (Å²) in [6.45, 7) is 7.13. The first-order valence-corrected chi connectivity index (χ1v) is 6.18. The fourth-order valence-corrected chi connectivity index (χ4v) is 2.89. The number of hydrogen-bond acceptors (Lipinski definition) is 0. The summed E-state index contributed by atoms with van der Waals surface area (Å²) < 4.78 is 0. The van der Waals surface area contributed by atoms with Crippen molar-refractivity contribution in [2.75, 3.05) is 0 Å². The van der Waals surface area contributed by atoms with Gasteiger partial charge < -0.3 is 0 Å². The summed E-state index contributed by atoms with van der Waals surface area (Å²) in [5.74, 6) is 2.92. The molecule has 0 bridgehead atoms. The summed E-state index contributed by atoms with van der Waals surface area (Å²) in [5, 5.41) is 0. The highest BCUT2D eigenvalue weighted by Crippen LogP contribution is 2.30. The SMILES string of the molecule is CC(C)CC(C)CC1CCCCC1. The molecule has 0 aliphatic heterocycles. The Morgan fingerprint density at radius 3 is 2.15 bits per heavy atom. The molecule has 13 heavy (non-hydrogen) atoms. The summed E-state index contributed by atoms with van der Waals surface area (Å²) in [6, 6.07) is 0. The van der Waals surface area contributed by atoms with Gasteiger partial charge in [-0.25, -0.2) is 0 Å². The molecule has 1 rings (SSSR count). The van der Waals surface area contributed by atoms with Gasteiger partial charge >= 0.3 is 0 Å². The van der Waals surface area contributed by atoms with Crippen LogP contribution in [0.1, 0.15) is 65.7 Å². The van der Waals surface area contributed by atoms with Crippen molar-refractivity contribution in [3.63, 3.8) is 0 Å². The predicted octanol–water partition coefficient (Wildman–Crippen LogP) is 4.64. The smallest absolute Gasteiger partial charge is 0.0412 e. The van der Waals surface area contributed by atoms with Gasteiger partial charge in [0.05, 0.1) is 0 Å². The van der Waals surface area contributed by atoms with E-state index in [1.54, 1.807) is 0 Å². The molecule has 1 aliphatic rings. The summed E-state index contributed by atoms with van der Waals surface area (Å²) in [7, 11) is 0. The second-order valence-corrected chi connectivity index (χ2v) is 5.47. The Kier molecular flexibility index (Phi) is 4.83. The first-order valence-electron chi connectivity index (χ1n) is 6.18.